The fraction of sp³-hybridized carbons (Fsp3) is 0.846. The summed E-state index contributed by atoms with van der Waals surface area (Å²) in [6.45, 7) is 9.42. The number of hydrogen-bond donors (Lipinski definition) is 1. The van der Waals surface area contributed by atoms with Gasteiger partial charge >= 0.3 is 12.1 Å². The van der Waals surface area contributed by atoms with Gasteiger partial charge in [-0.3, -0.25) is 4.79 Å². The summed E-state index contributed by atoms with van der Waals surface area (Å²) in [4.78, 5) is 24.9. The number of carbonyl (C=O) groups excluding carboxylic acids is 1. The fourth-order valence-corrected chi connectivity index (χ4v) is 2.22. The van der Waals surface area contributed by atoms with Crippen LogP contribution in [0.5, 0.6) is 0 Å². The number of rotatable bonds is 1. The van der Waals surface area contributed by atoms with E-state index in [-0.39, 0.29) is 6.04 Å². The number of aliphatic carboxylic acids is 1. The lowest BCUT2D eigenvalue weighted by molar-refractivity contribution is -0.154. The molecule has 1 fully saturated rings. The van der Waals surface area contributed by atoms with E-state index in [0.29, 0.717) is 19.4 Å². The molecule has 0 saturated carbocycles. The van der Waals surface area contributed by atoms with Crippen LogP contribution in [0.1, 0.15) is 47.5 Å². The van der Waals surface area contributed by atoms with E-state index in [4.69, 9.17) is 4.74 Å². The van der Waals surface area contributed by atoms with Crippen LogP contribution in [0.15, 0.2) is 0 Å². The molecule has 2 unspecified atom stereocenters. The first-order valence-electron chi connectivity index (χ1n) is 6.31. The Kier molecular flexibility index (Phi) is 3.93. The number of nitrogens with zero attached hydrogens (tertiary/aromatic N) is 1. The van der Waals surface area contributed by atoms with Gasteiger partial charge in [0.1, 0.15) is 5.60 Å². The Labute approximate surface area is 108 Å². The normalized spacial score (nSPS) is 28.9. The number of hydrogen-bond acceptors (Lipinski definition) is 3. The molecule has 0 aliphatic carbocycles. The summed E-state index contributed by atoms with van der Waals surface area (Å²) in [6, 6.07) is -0.362. The van der Waals surface area contributed by atoms with Crippen LogP contribution < -0.4 is 0 Å². The van der Waals surface area contributed by atoms with E-state index >= 15 is 0 Å². The molecule has 104 valence electrons. The first-order chi connectivity index (χ1) is 8.08. The second-order valence-corrected chi connectivity index (χ2v) is 6.18. The molecule has 1 aliphatic rings. The highest BCUT2D eigenvalue weighted by Crippen LogP contribution is 2.36. The molecule has 5 nitrogen and oxygen atoms in total. The fourth-order valence-electron chi connectivity index (χ4n) is 2.22. The van der Waals surface area contributed by atoms with Gasteiger partial charge in [-0.2, -0.15) is 0 Å². The zero-order chi connectivity index (χ0) is 14.1. The lowest BCUT2D eigenvalue weighted by Gasteiger charge is -2.44. The maximum absolute atomic E-state index is 12.0. The second-order valence-electron chi connectivity index (χ2n) is 6.18. The minimum atomic E-state index is -0.894. The number of piperidine rings is 1. The summed E-state index contributed by atoms with van der Waals surface area (Å²) in [5, 5.41) is 9.32. The molecular weight excluding hydrogens is 234 g/mol. The van der Waals surface area contributed by atoms with Crippen molar-refractivity contribution in [2.75, 3.05) is 6.54 Å². The number of carboxylic acid groups (broad SMARTS) is 1. The van der Waals surface area contributed by atoms with Gasteiger partial charge in [0.25, 0.3) is 0 Å². The number of amides is 1. The van der Waals surface area contributed by atoms with Crippen molar-refractivity contribution in [3.8, 4) is 0 Å². The standard InChI is InChI=1S/C13H23NO4/c1-9-13(5,10(15)16)7-6-8-14(9)11(17)18-12(2,3)4/h9H,6-8H2,1-5H3,(H,15,16). The van der Waals surface area contributed by atoms with Crippen LogP contribution in [0.25, 0.3) is 0 Å². The largest absolute Gasteiger partial charge is 0.481 e. The number of carbonyl (C=O) groups is 2. The SMILES string of the molecule is CC1N(C(=O)OC(C)(C)C)CCCC1(C)C(=O)O. The molecule has 1 rings (SSSR count). The van der Waals surface area contributed by atoms with Crippen molar-refractivity contribution in [3.63, 3.8) is 0 Å². The van der Waals surface area contributed by atoms with Crippen molar-refractivity contribution in [1.29, 1.82) is 0 Å². The zero-order valence-electron chi connectivity index (χ0n) is 11.8. The van der Waals surface area contributed by atoms with E-state index in [1.165, 1.54) is 4.90 Å². The van der Waals surface area contributed by atoms with Gasteiger partial charge in [0.2, 0.25) is 0 Å². The van der Waals surface area contributed by atoms with Crippen LogP contribution in [0.3, 0.4) is 0 Å². The van der Waals surface area contributed by atoms with Crippen molar-refractivity contribution < 1.29 is 19.4 Å². The molecule has 1 heterocycles. The van der Waals surface area contributed by atoms with Crippen LogP contribution in [0.4, 0.5) is 4.79 Å². The van der Waals surface area contributed by atoms with Crippen molar-refractivity contribution >= 4 is 12.1 Å². The molecule has 1 amide bonds. The van der Waals surface area contributed by atoms with Crippen molar-refractivity contribution in [1.82, 2.24) is 4.90 Å². The Bertz CT molecular complexity index is 347. The molecule has 1 saturated heterocycles. The van der Waals surface area contributed by atoms with Crippen LogP contribution in [-0.4, -0.2) is 40.3 Å². The Morgan fingerprint density at radius 2 is 1.94 bits per heavy atom. The molecule has 0 spiro atoms. The summed E-state index contributed by atoms with van der Waals surface area (Å²) in [5.74, 6) is -0.858. The van der Waals surface area contributed by atoms with Gasteiger partial charge < -0.3 is 14.7 Å². The van der Waals surface area contributed by atoms with E-state index in [9.17, 15) is 14.7 Å². The Hall–Kier alpha value is -1.26. The van der Waals surface area contributed by atoms with E-state index in [1.54, 1.807) is 34.6 Å². The first kappa shape index (κ1) is 14.8. The maximum atomic E-state index is 12.0. The predicted octanol–water partition coefficient (Wildman–Crippen LogP) is 2.50. The van der Waals surface area contributed by atoms with Gasteiger partial charge in [0, 0.05) is 12.6 Å². The molecule has 1 N–H and O–H groups in total. The average molecular weight is 257 g/mol. The lowest BCUT2D eigenvalue weighted by Crippen LogP contribution is -2.55. The Morgan fingerprint density at radius 3 is 2.39 bits per heavy atom. The smallest absolute Gasteiger partial charge is 0.410 e. The molecule has 5 heteroatoms. The monoisotopic (exact) mass is 257 g/mol. The van der Waals surface area contributed by atoms with Crippen LogP contribution >= 0.6 is 0 Å². The summed E-state index contributed by atoms with van der Waals surface area (Å²) in [7, 11) is 0. The molecular formula is C13H23NO4. The van der Waals surface area contributed by atoms with Gasteiger partial charge in [-0.05, 0) is 47.5 Å². The summed E-state index contributed by atoms with van der Waals surface area (Å²) in [5.41, 5.74) is -1.46. The highest BCUT2D eigenvalue weighted by Gasteiger charge is 2.46. The highest BCUT2D eigenvalue weighted by atomic mass is 16.6. The molecule has 0 aromatic heterocycles. The number of carboxylic acids is 1. The molecule has 2 atom stereocenters. The Balaban J connectivity index is 2.84. The van der Waals surface area contributed by atoms with Gasteiger partial charge in [0.15, 0.2) is 0 Å². The number of likely N-dealkylation sites (tertiary alicyclic amines) is 1. The second kappa shape index (κ2) is 4.78. The molecule has 0 aromatic rings. The first-order valence-corrected chi connectivity index (χ1v) is 6.31. The lowest BCUT2D eigenvalue weighted by atomic mass is 9.75. The number of ether oxygens (including phenoxy) is 1. The molecule has 0 radical (unpaired) electrons. The molecule has 0 bridgehead atoms. The Morgan fingerprint density at radius 1 is 1.39 bits per heavy atom. The molecule has 18 heavy (non-hydrogen) atoms. The topological polar surface area (TPSA) is 66.8 Å². The van der Waals surface area contributed by atoms with E-state index in [1.807, 2.05) is 0 Å². The van der Waals surface area contributed by atoms with Crippen molar-refractivity contribution in [2.24, 2.45) is 5.41 Å². The van der Waals surface area contributed by atoms with E-state index < -0.39 is 23.1 Å². The van der Waals surface area contributed by atoms with E-state index in [0.717, 1.165) is 0 Å². The average Bonchev–Trinajstić information content (AvgIpc) is 2.19. The third-order valence-corrected chi connectivity index (χ3v) is 3.60. The summed E-state index contributed by atoms with van der Waals surface area (Å²) in [6.07, 6.45) is 0.844. The minimum Gasteiger partial charge on any atom is -0.481 e. The predicted molar refractivity (Wildman–Crippen MR) is 67.4 cm³/mol. The van der Waals surface area contributed by atoms with Crippen LogP contribution in [0.2, 0.25) is 0 Å². The van der Waals surface area contributed by atoms with E-state index in [2.05, 4.69) is 0 Å². The molecule has 1 aliphatic heterocycles. The van der Waals surface area contributed by atoms with Crippen molar-refractivity contribution in [3.05, 3.63) is 0 Å². The highest BCUT2D eigenvalue weighted by molar-refractivity contribution is 5.77. The van der Waals surface area contributed by atoms with Crippen LogP contribution in [0, 0.1) is 5.41 Å². The summed E-state index contributed by atoms with van der Waals surface area (Å²) >= 11 is 0. The minimum absolute atomic E-state index is 0.362. The third-order valence-electron chi connectivity index (χ3n) is 3.60. The van der Waals surface area contributed by atoms with Gasteiger partial charge in [-0.1, -0.05) is 0 Å². The maximum Gasteiger partial charge on any atom is 0.410 e. The van der Waals surface area contributed by atoms with Crippen LogP contribution in [-0.2, 0) is 9.53 Å². The molecule has 0 aromatic carbocycles. The van der Waals surface area contributed by atoms with Gasteiger partial charge in [-0.25, -0.2) is 4.79 Å². The van der Waals surface area contributed by atoms with Gasteiger partial charge in [-0.15, -0.1) is 0 Å². The van der Waals surface area contributed by atoms with Gasteiger partial charge in [0.05, 0.1) is 5.41 Å². The quantitative estimate of drug-likeness (QED) is 0.783. The summed E-state index contributed by atoms with van der Waals surface area (Å²) < 4.78 is 5.31. The zero-order valence-corrected chi connectivity index (χ0v) is 11.8. The van der Waals surface area contributed by atoms with Crippen molar-refractivity contribution in [2.45, 2.75) is 59.1 Å². The third kappa shape index (κ3) is 2.94.